The third-order valence-electron chi connectivity index (χ3n) is 5.31. The zero-order valence-corrected chi connectivity index (χ0v) is 16.7. The molecule has 1 aliphatic rings. The second-order valence-electron chi connectivity index (χ2n) is 7.25. The Morgan fingerprint density at radius 3 is 2.62 bits per heavy atom. The minimum absolute atomic E-state index is 0.0525. The minimum atomic E-state index is -0.0525. The molecule has 1 N–H and O–H groups in total. The fraction of sp³-hybridized carbons (Fsp3) is 0.409. The van der Waals surface area contributed by atoms with Crippen LogP contribution in [0.25, 0.3) is 11.4 Å². The summed E-state index contributed by atoms with van der Waals surface area (Å²) >= 11 is 0. The molecule has 2 aromatic heterocycles. The van der Waals surface area contributed by atoms with E-state index in [1.807, 2.05) is 30.5 Å². The first kappa shape index (κ1) is 19.4. The lowest BCUT2D eigenvalue weighted by Crippen LogP contribution is -2.35. The molecule has 0 aliphatic carbocycles. The normalized spacial score (nSPS) is 14.9. The number of imidazole rings is 1. The molecule has 1 saturated heterocycles. The zero-order valence-electron chi connectivity index (χ0n) is 16.7. The smallest absolute Gasteiger partial charge is 0.225 e. The van der Waals surface area contributed by atoms with Gasteiger partial charge < -0.3 is 19.3 Å². The zero-order chi connectivity index (χ0) is 20.1. The lowest BCUT2D eigenvalue weighted by molar-refractivity contribution is 0.263. The maximum absolute atomic E-state index is 9.77. The fourth-order valence-corrected chi connectivity index (χ4v) is 3.82. The summed E-state index contributed by atoms with van der Waals surface area (Å²) in [5.41, 5.74) is 1.79. The second kappa shape index (κ2) is 9.05. The van der Waals surface area contributed by atoms with Gasteiger partial charge in [-0.1, -0.05) is 6.92 Å². The first-order chi connectivity index (χ1) is 14.3. The van der Waals surface area contributed by atoms with E-state index in [4.69, 9.17) is 4.74 Å². The quantitative estimate of drug-likeness (QED) is 0.662. The van der Waals surface area contributed by atoms with Crippen molar-refractivity contribution in [1.29, 1.82) is 0 Å². The number of hydrogen-bond acceptors (Lipinski definition) is 6. The molecule has 3 aromatic rings. The van der Waals surface area contributed by atoms with Crippen molar-refractivity contribution in [2.24, 2.45) is 0 Å². The van der Waals surface area contributed by atoms with E-state index >= 15 is 0 Å². The van der Waals surface area contributed by atoms with Crippen LogP contribution < -0.4 is 9.64 Å². The molecular weight excluding hydrogens is 366 g/mol. The Morgan fingerprint density at radius 1 is 1.10 bits per heavy atom. The largest absolute Gasteiger partial charge is 0.493 e. The third-order valence-corrected chi connectivity index (χ3v) is 5.31. The van der Waals surface area contributed by atoms with Gasteiger partial charge in [-0.25, -0.2) is 15.0 Å². The fourth-order valence-electron chi connectivity index (χ4n) is 3.82. The lowest BCUT2D eigenvalue weighted by atomic mass is 10.0. The van der Waals surface area contributed by atoms with Crippen LogP contribution in [0.3, 0.4) is 0 Å². The molecule has 0 unspecified atom stereocenters. The number of aromatic nitrogens is 4. The van der Waals surface area contributed by atoms with Gasteiger partial charge in [0.05, 0.1) is 13.2 Å². The van der Waals surface area contributed by atoms with Crippen molar-refractivity contribution in [1.82, 2.24) is 19.5 Å². The molecule has 1 aromatic carbocycles. The number of aliphatic hydroxyl groups is 1. The summed E-state index contributed by atoms with van der Waals surface area (Å²) in [6.45, 7) is 4.49. The first-order valence-electron chi connectivity index (χ1n) is 10.2. The number of piperidine rings is 1. The molecule has 0 spiro atoms. The predicted octanol–water partition coefficient (Wildman–Crippen LogP) is 3.46. The molecule has 3 heterocycles. The molecule has 7 nitrogen and oxygen atoms in total. The van der Waals surface area contributed by atoms with Crippen molar-refractivity contribution < 1.29 is 9.84 Å². The maximum atomic E-state index is 9.77. The highest BCUT2D eigenvalue weighted by molar-refractivity contribution is 5.59. The standard InChI is InChI=1S/C22H27N5O2/c1-2-14-29-20-5-4-17(15-18(20)16-28)21-23-10-13-27(21)19-6-11-26(12-7-19)22-24-8-3-9-25-22/h3-5,8-10,13,15,19,28H,2,6-7,11-12,14,16H2,1H3. The Kier molecular flexibility index (Phi) is 6.05. The van der Waals surface area contributed by atoms with Crippen LogP contribution in [-0.4, -0.2) is 44.3 Å². The summed E-state index contributed by atoms with van der Waals surface area (Å²) in [5, 5.41) is 9.77. The lowest BCUT2D eigenvalue weighted by Gasteiger charge is -2.33. The molecule has 0 saturated carbocycles. The summed E-state index contributed by atoms with van der Waals surface area (Å²) in [5.74, 6) is 2.47. The average molecular weight is 393 g/mol. The average Bonchev–Trinajstić information content (AvgIpc) is 3.28. The molecule has 1 fully saturated rings. The summed E-state index contributed by atoms with van der Waals surface area (Å²) in [4.78, 5) is 15.6. The molecule has 7 heteroatoms. The number of nitrogens with zero attached hydrogens (tertiary/aromatic N) is 5. The Morgan fingerprint density at radius 2 is 1.90 bits per heavy atom. The van der Waals surface area contributed by atoms with Gasteiger partial charge in [-0.3, -0.25) is 0 Å². The Balaban J connectivity index is 1.51. The van der Waals surface area contributed by atoms with E-state index in [-0.39, 0.29) is 6.61 Å². The number of aliphatic hydroxyl groups excluding tert-OH is 1. The molecular formula is C22H27N5O2. The molecule has 0 bridgehead atoms. The van der Waals surface area contributed by atoms with Crippen LogP contribution in [0.1, 0.15) is 37.8 Å². The van der Waals surface area contributed by atoms with Crippen LogP contribution in [0.4, 0.5) is 5.95 Å². The van der Waals surface area contributed by atoms with Gasteiger partial charge in [0.25, 0.3) is 0 Å². The van der Waals surface area contributed by atoms with E-state index in [1.54, 1.807) is 12.4 Å². The van der Waals surface area contributed by atoms with Crippen LogP contribution in [0.15, 0.2) is 49.1 Å². The highest BCUT2D eigenvalue weighted by Gasteiger charge is 2.24. The predicted molar refractivity (Wildman–Crippen MR) is 112 cm³/mol. The van der Waals surface area contributed by atoms with Gasteiger partial charge >= 0.3 is 0 Å². The summed E-state index contributed by atoms with van der Waals surface area (Å²) in [7, 11) is 0. The second-order valence-corrected chi connectivity index (χ2v) is 7.25. The van der Waals surface area contributed by atoms with E-state index in [9.17, 15) is 5.11 Å². The topological polar surface area (TPSA) is 76.3 Å². The van der Waals surface area contributed by atoms with Gasteiger partial charge in [0, 0.05) is 55.0 Å². The molecule has 1 aliphatic heterocycles. The number of benzene rings is 1. The Hall–Kier alpha value is -2.93. The number of hydrogen-bond donors (Lipinski definition) is 1. The van der Waals surface area contributed by atoms with Gasteiger partial charge in [0.2, 0.25) is 5.95 Å². The van der Waals surface area contributed by atoms with Gasteiger partial charge in [-0.2, -0.15) is 0 Å². The number of anilines is 1. The summed E-state index contributed by atoms with van der Waals surface area (Å²) in [6.07, 6.45) is 10.4. The molecule has 0 amide bonds. The van der Waals surface area contributed by atoms with E-state index in [1.165, 1.54) is 0 Å². The van der Waals surface area contributed by atoms with Gasteiger partial charge in [-0.15, -0.1) is 0 Å². The Bertz CT molecular complexity index is 920. The van der Waals surface area contributed by atoms with Crippen molar-refractivity contribution in [2.75, 3.05) is 24.6 Å². The van der Waals surface area contributed by atoms with Gasteiger partial charge in [0.1, 0.15) is 11.6 Å². The van der Waals surface area contributed by atoms with Crippen LogP contribution >= 0.6 is 0 Å². The van der Waals surface area contributed by atoms with Crippen LogP contribution in [0.5, 0.6) is 5.75 Å². The van der Waals surface area contributed by atoms with Gasteiger partial charge in [-0.05, 0) is 43.5 Å². The van der Waals surface area contributed by atoms with Crippen molar-refractivity contribution in [3.63, 3.8) is 0 Å². The number of ether oxygens (including phenoxy) is 1. The summed E-state index contributed by atoms with van der Waals surface area (Å²) in [6, 6.07) is 8.16. The third kappa shape index (κ3) is 4.24. The number of rotatable bonds is 7. The van der Waals surface area contributed by atoms with Crippen molar-refractivity contribution in [2.45, 2.75) is 38.8 Å². The van der Waals surface area contributed by atoms with Crippen molar-refractivity contribution >= 4 is 5.95 Å². The highest BCUT2D eigenvalue weighted by Crippen LogP contribution is 2.31. The first-order valence-corrected chi connectivity index (χ1v) is 10.2. The molecule has 152 valence electrons. The SMILES string of the molecule is CCCOc1ccc(-c2nccn2C2CCN(c3ncccn3)CC2)cc1CO. The molecule has 4 rings (SSSR count). The highest BCUT2D eigenvalue weighted by atomic mass is 16.5. The van der Waals surface area contributed by atoms with Gasteiger partial charge in [0.15, 0.2) is 0 Å². The van der Waals surface area contributed by atoms with Crippen molar-refractivity contribution in [3.8, 4) is 17.1 Å². The van der Waals surface area contributed by atoms with Crippen LogP contribution in [-0.2, 0) is 6.61 Å². The minimum Gasteiger partial charge on any atom is -0.493 e. The van der Waals surface area contributed by atoms with Crippen molar-refractivity contribution in [3.05, 3.63) is 54.6 Å². The maximum Gasteiger partial charge on any atom is 0.225 e. The molecule has 0 radical (unpaired) electrons. The van der Waals surface area contributed by atoms with E-state index in [2.05, 4.69) is 37.5 Å². The summed E-state index contributed by atoms with van der Waals surface area (Å²) < 4.78 is 8.00. The van der Waals surface area contributed by atoms with E-state index in [0.717, 1.165) is 61.0 Å². The van der Waals surface area contributed by atoms with Crippen LogP contribution in [0.2, 0.25) is 0 Å². The van der Waals surface area contributed by atoms with E-state index in [0.29, 0.717) is 12.6 Å². The monoisotopic (exact) mass is 393 g/mol. The molecule has 29 heavy (non-hydrogen) atoms. The molecule has 0 atom stereocenters. The van der Waals surface area contributed by atoms with E-state index < -0.39 is 0 Å². The van der Waals surface area contributed by atoms with Crippen LogP contribution in [0, 0.1) is 0 Å². The Labute approximate surface area is 171 Å².